The Labute approximate surface area is 109 Å². The second-order valence-corrected chi connectivity index (χ2v) is 4.73. The summed E-state index contributed by atoms with van der Waals surface area (Å²) in [5.74, 6) is -1.69. The fraction of sp³-hybridized carbons (Fsp3) is 0.417. The van der Waals surface area contributed by atoms with Crippen LogP contribution in [0, 0.1) is 11.8 Å². The third-order valence-electron chi connectivity index (χ3n) is 3.17. The van der Waals surface area contributed by atoms with Crippen LogP contribution in [0.1, 0.15) is 19.3 Å². The van der Waals surface area contributed by atoms with Crippen LogP contribution in [0.3, 0.4) is 0 Å². The Kier molecular flexibility index (Phi) is 3.81. The largest absolute Gasteiger partial charge is 0.481 e. The van der Waals surface area contributed by atoms with Gasteiger partial charge in [0.2, 0.25) is 5.91 Å². The van der Waals surface area contributed by atoms with Gasteiger partial charge in [-0.15, -0.1) is 0 Å². The summed E-state index contributed by atoms with van der Waals surface area (Å²) < 4.78 is 0. The summed E-state index contributed by atoms with van der Waals surface area (Å²) in [6.07, 6.45) is 3.07. The quantitative estimate of drug-likeness (QED) is 0.824. The highest BCUT2D eigenvalue weighted by atomic mass is 35.5. The first-order valence-electron chi connectivity index (χ1n) is 5.72. The van der Waals surface area contributed by atoms with Gasteiger partial charge in [-0.2, -0.15) is 0 Å². The lowest BCUT2D eigenvalue weighted by Gasteiger charge is -2.11. The average molecular weight is 269 g/mol. The van der Waals surface area contributed by atoms with Crippen molar-refractivity contribution >= 4 is 29.2 Å². The van der Waals surface area contributed by atoms with Crippen LogP contribution in [0.25, 0.3) is 0 Å². The third-order valence-corrected chi connectivity index (χ3v) is 3.47. The molecule has 2 rings (SSSR count). The van der Waals surface area contributed by atoms with Crippen molar-refractivity contribution in [2.75, 3.05) is 5.32 Å². The molecule has 1 fully saturated rings. The zero-order chi connectivity index (χ0) is 13.1. The molecule has 0 saturated heterocycles. The minimum Gasteiger partial charge on any atom is -0.481 e. The van der Waals surface area contributed by atoms with Gasteiger partial charge in [0.1, 0.15) is 0 Å². The van der Waals surface area contributed by atoms with Crippen molar-refractivity contribution in [3.63, 3.8) is 0 Å². The first kappa shape index (κ1) is 12.8. The Balaban J connectivity index is 1.98. The molecule has 1 saturated carbocycles. The topological polar surface area (TPSA) is 79.3 Å². The Morgan fingerprint density at radius 3 is 2.72 bits per heavy atom. The van der Waals surface area contributed by atoms with Gasteiger partial charge in [-0.1, -0.05) is 11.6 Å². The second kappa shape index (κ2) is 5.35. The van der Waals surface area contributed by atoms with E-state index in [2.05, 4.69) is 10.3 Å². The van der Waals surface area contributed by atoms with Crippen molar-refractivity contribution in [3.05, 3.63) is 23.5 Å². The fourth-order valence-corrected chi connectivity index (χ4v) is 2.32. The number of carbonyl (C=O) groups excluding carboxylic acids is 1. The summed E-state index contributed by atoms with van der Waals surface area (Å²) in [6.45, 7) is 0. The number of rotatable bonds is 3. The summed E-state index contributed by atoms with van der Waals surface area (Å²) in [4.78, 5) is 26.6. The lowest BCUT2D eigenvalue weighted by molar-refractivity contribution is -0.141. The van der Waals surface area contributed by atoms with E-state index < -0.39 is 11.9 Å². The van der Waals surface area contributed by atoms with Gasteiger partial charge in [0.25, 0.3) is 0 Å². The molecule has 0 aliphatic heterocycles. The fourth-order valence-electron chi connectivity index (χ4n) is 2.16. The number of nitrogens with one attached hydrogen (secondary N) is 1. The van der Waals surface area contributed by atoms with Gasteiger partial charge in [0.15, 0.2) is 5.15 Å². The predicted octanol–water partition coefficient (Wildman–Crippen LogP) is 2.17. The molecular formula is C12H13ClN2O3. The second-order valence-electron chi connectivity index (χ2n) is 4.38. The first-order chi connectivity index (χ1) is 8.58. The molecule has 0 radical (unpaired) electrons. The Morgan fingerprint density at radius 2 is 2.11 bits per heavy atom. The van der Waals surface area contributed by atoms with E-state index in [-0.39, 0.29) is 17.0 Å². The Morgan fingerprint density at radius 1 is 1.39 bits per heavy atom. The zero-order valence-electron chi connectivity index (χ0n) is 9.60. The molecule has 5 nitrogen and oxygen atoms in total. The molecule has 2 N–H and O–H groups in total. The van der Waals surface area contributed by atoms with Crippen LogP contribution >= 0.6 is 11.6 Å². The van der Waals surface area contributed by atoms with Gasteiger partial charge in [0.05, 0.1) is 11.6 Å². The molecule has 1 aromatic heterocycles. The average Bonchev–Trinajstić information content (AvgIpc) is 2.81. The van der Waals surface area contributed by atoms with Crippen LogP contribution in [0.2, 0.25) is 5.15 Å². The smallest absolute Gasteiger partial charge is 0.306 e. The van der Waals surface area contributed by atoms with Crippen LogP contribution in [0.4, 0.5) is 5.69 Å². The SMILES string of the molecule is O=C(O)[C@H]1CC[C@@H](C(=O)Nc2cccnc2Cl)C1. The molecule has 1 heterocycles. The first-order valence-corrected chi connectivity index (χ1v) is 6.10. The van der Waals surface area contributed by atoms with E-state index in [1.54, 1.807) is 12.1 Å². The molecule has 0 unspecified atom stereocenters. The van der Waals surface area contributed by atoms with Crippen molar-refractivity contribution in [3.8, 4) is 0 Å². The highest BCUT2D eigenvalue weighted by Gasteiger charge is 2.33. The number of hydrogen-bond donors (Lipinski definition) is 2. The maximum Gasteiger partial charge on any atom is 0.306 e. The molecule has 0 aromatic carbocycles. The van der Waals surface area contributed by atoms with Crippen molar-refractivity contribution in [1.82, 2.24) is 4.98 Å². The molecule has 1 amide bonds. The number of anilines is 1. The minimum absolute atomic E-state index is 0.186. The molecule has 6 heteroatoms. The number of carboxylic acid groups (broad SMARTS) is 1. The van der Waals surface area contributed by atoms with E-state index in [1.165, 1.54) is 6.20 Å². The van der Waals surface area contributed by atoms with Crippen LogP contribution in [-0.2, 0) is 9.59 Å². The van der Waals surface area contributed by atoms with Gasteiger partial charge in [-0.3, -0.25) is 9.59 Å². The minimum atomic E-state index is -0.829. The van der Waals surface area contributed by atoms with Crippen LogP contribution in [-0.4, -0.2) is 22.0 Å². The maximum atomic E-state index is 11.9. The highest BCUT2D eigenvalue weighted by Crippen LogP contribution is 2.32. The van der Waals surface area contributed by atoms with E-state index in [4.69, 9.17) is 16.7 Å². The number of aliphatic carboxylic acids is 1. The van der Waals surface area contributed by atoms with E-state index >= 15 is 0 Å². The Bertz CT molecular complexity index is 478. The summed E-state index contributed by atoms with van der Waals surface area (Å²) in [6, 6.07) is 3.34. The summed E-state index contributed by atoms with van der Waals surface area (Å²) in [5, 5.41) is 11.8. The van der Waals surface area contributed by atoms with Gasteiger partial charge < -0.3 is 10.4 Å². The number of amides is 1. The van der Waals surface area contributed by atoms with Crippen LogP contribution in [0.5, 0.6) is 0 Å². The molecule has 96 valence electrons. The summed E-state index contributed by atoms with van der Waals surface area (Å²) in [7, 11) is 0. The van der Waals surface area contributed by atoms with Crippen LogP contribution < -0.4 is 5.32 Å². The van der Waals surface area contributed by atoms with E-state index in [0.29, 0.717) is 24.9 Å². The molecule has 1 aromatic rings. The summed E-state index contributed by atoms with van der Waals surface area (Å²) in [5.41, 5.74) is 0.461. The molecule has 1 aliphatic carbocycles. The normalized spacial score (nSPS) is 22.7. The number of pyridine rings is 1. The predicted molar refractivity (Wildman–Crippen MR) is 66.3 cm³/mol. The zero-order valence-corrected chi connectivity index (χ0v) is 10.4. The number of carboxylic acids is 1. The molecule has 0 spiro atoms. The van der Waals surface area contributed by atoms with Crippen molar-refractivity contribution < 1.29 is 14.7 Å². The van der Waals surface area contributed by atoms with E-state index in [1.807, 2.05) is 0 Å². The maximum absolute atomic E-state index is 11.9. The van der Waals surface area contributed by atoms with Crippen molar-refractivity contribution in [2.45, 2.75) is 19.3 Å². The van der Waals surface area contributed by atoms with Gasteiger partial charge >= 0.3 is 5.97 Å². The van der Waals surface area contributed by atoms with Gasteiger partial charge in [-0.05, 0) is 31.4 Å². The number of carbonyl (C=O) groups is 2. The van der Waals surface area contributed by atoms with Gasteiger partial charge in [-0.25, -0.2) is 4.98 Å². The van der Waals surface area contributed by atoms with Gasteiger partial charge in [0, 0.05) is 12.1 Å². The molecule has 1 aliphatic rings. The standard InChI is InChI=1S/C12H13ClN2O3/c13-10-9(2-1-5-14-10)15-11(16)7-3-4-8(6-7)12(17)18/h1-2,5,7-8H,3-4,6H2,(H,15,16)(H,17,18)/t7-,8+/m1/s1. The lowest BCUT2D eigenvalue weighted by atomic mass is 10.0. The Hall–Kier alpha value is -1.62. The lowest BCUT2D eigenvalue weighted by Crippen LogP contribution is -2.22. The number of halogens is 1. The van der Waals surface area contributed by atoms with Crippen LogP contribution in [0.15, 0.2) is 18.3 Å². The summed E-state index contributed by atoms with van der Waals surface area (Å²) >= 11 is 5.83. The number of nitrogens with zero attached hydrogens (tertiary/aromatic N) is 1. The van der Waals surface area contributed by atoms with E-state index in [0.717, 1.165) is 0 Å². The van der Waals surface area contributed by atoms with Crippen molar-refractivity contribution in [1.29, 1.82) is 0 Å². The monoisotopic (exact) mass is 268 g/mol. The molecule has 0 bridgehead atoms. The van der Waals surface area contributed by atoms with Crippen molar-refractivity contribution in [2.24, 2.45) is 11.8 Å². The molecular weight excluding hydrogens is 256 g/mol. The number of hydrogen-bond acceptors (Lipinski definition) is 3. The van der Waals surface area contributed by atoms with E-state index in [9.17, 15) is 9.59 Å². The molecule has 2 atom stereocenters. The highest BCUT2D eigenvalue weighted by molar-refractivity contribution is 6.32. The molecule has 18 heavy (non-hydrogen) atoms. The third kappa shape index (κ3) is 2.79. The number of aromatic nitrogens is 1.